The number of ether oxygens (including phenoxy) is 2. The number of fused-ring (bicyclic) bond motifs is 2. The Bertz CT molecular complexity index is 569. The first-order valence-electron chi connectivity index (χ1n) is 11.2. The molecule has 7 nitrogen and oxygen atoms in total. The van der Waals surface area contributed by atoms with Crippen LogP contribution in [-0.2, 0) is 14.3 Å². The van der Waals surface area contributed by atoms with E-state index in [1.54, 1.807) is 6.92 Å². The van der Waals surface area contributed by atoms with Gasteiger partial charge in [0.25, 0.3) is 0 Å². The van der Waals surface area contributed by atoms with Crippen LogP contribution < -0.4 is 0 Å². The molecule has 0 spiro atoms. The van der Waals surface area contributed by atoms with Crippen LogP contribution in [0, 0.1) is 5.41 Å². The Morgan fingerprint density at radius 2 is 1.66 bits per heavy atom. The van der Waals surface area contributed by atoms with Crippen LogP contribution in [0.15, 0.2) is 0 Å². The van der Waals surface area contributed by atoms with Gasteiger partial charge in [-0.15, -0.1) is 0 Å². The minimum atomic E-state index is -0.192. The zero-order valence-corrected chi connectivity index (χ0v) is 18.9. The molecule has 3 aliphatic heterocycles. The molecule has 2 unspecified atom stereocenters. The maximum Gasteiger partial charge on any atom is 0.410 e. The highest BCUT2D eigenvalue weighted by molar-refractivity contribution is 5.73. The van der Waals surface area contributed by atoms with Gasteiger partial charge in [-0.05, 0) is 38.0 Å². The second-order valence-corrected chi connectivity index (χ2v) is 10.1. The zero-order valence-electron chi connectivity index (χ0n) is 18.9. The number of nitrogens with zero attached hydrogens (tertiary/aromatic N) is 3. The lowest BCUT2D eigenvalue weighted by Gasteiger charge is -2.51. The summed E-state index contributed by atoms with van der Waals surface area (Å²) in [6.07, 6.45) is 3.75. The largest absolute Gasteiger partial charge is 0.450 e. The van der Waals surface area contributed by atoms with Crippen LogP contribution in [0.2, 0.25) is 0 Å². The fourth-order valence-electron chi connectivity index (χ4n) is 5.25. The van der Waals surface area contributed by atoms with E-state index in [0.717, 1.165) is 45.3 Å². The summed E-state index contributed by atoms with van der Waals surface area (Å²) >= 11 is 0. The Morgan fingerprint density at radius 3 is 2.14 bits per heavy atom. The summed E-state index contributed by atoms with van der Waals surface area (Å²) in [5.74, 6) is 0.188. The van der Waals surface area contributed by atoms with Gasteiger partial charge in [0.05, 0.1) is 31.9 Å². The van der Waals surface area contributed by atoms with Crippen LogP contribution in [0.1, 0.15) is 60.3 Å². The van der Waals surface area contributed by atoms with Crippen molar-refractivity contribution in [3.05, 3.63) is 0 Å². The third-order valence-corrected chi connectivity index (χ3v) is 6.48. The molecule has 7 heteroatoms. The molecule has 3 aliphatic rings. The number of amides is 2. The van der Waals surface area contributed by atoms with Gasteiger partial charge < -0.3 is 19.3 Å². The Labute approximate surface area is 175 Å². The summed E-state index contributed by atoms with van der Waals surface area (Å²) < 4.78 is 11.0. The number of piperidine rings is 2. The van der Waals surface area contributed by atoms with Gasteiger partial charge in [0.1, 0.15) is 0 Å². The van der Waals surface area contributed by atoms with E-state index < -0.39 is 0 Å². The predicted molar refractivity (Wildman–Crippen MR) is 112 cm³/mol. The van der Waals surface area contributed by atoms with Gasteiger partial charge in [0.15, 0.2) is 0 Å². The molecule has 0 aromatic heterocycles. The first-order chi connectivity index (χ1) is 13.7. The third-order valence-electron chi connectivity index (χ3n) is 6.48. The summed E-state index contributed by atoms with van der Waals surface area (Å²) in [5, 5.41) is 0. The molecule has 0 radical (unpaired) electrons. The highest BCUT2D eigenvalue weighted by Gasteiger charge is 2.44. The second kappa shape index (κ2) is 9.21. The predicted octanol–water partition coefficient (Wildman–Crippen LogP) is 2.73. The van der Waals surface area contributed by atoms with E-state index in [0.29, 0.717) is 31.9 Å². The molecule has 0 saturated carbocycles. The van der Waals surface area contributed by atoms with E-state index in [1.807, 2.05) is 11.8 Å². The molecule has 3 heterocycles. The molecule has 2 bridgehead atoms. The van der Waals surface area contributed by atoms with Crippen molar-refractivity contribution in [2.24, 2.45) is 5.41 Å². The maximum absolute atomic E-state index is 12.4. The van der Waals surface area contributed by atoms with Gasteiger partial charge in [0.2, 0.25) is 5.91 Å². The Balaban J connectivity index is 1.58. The van der Waals surface area contributed by atoms with Crippen molar-refractivity contribution < 1.29 is 19.1 Å². The summed E-state index contributed by atoms with van der Waals surface area (Å²) in [5.41, 5.74) is 0.111. The molecule has 2 atom stereocenters. The number of carbonyl (C=O) groups excluding carboxylic acids is 2. The van der Waals surface area contributed by atoms with Gasteiger partial charge in [-0.2, -0.15) is 0 Å². The lowest BCUT2D eigenvalue weighted by Crippen LogP contribution is -2.63. The van der Waals surface area contributed by atoms with Gasteiger partial charge in [-0.25, -0.2) is 4.79 Å². The normalized spacial score (nSPS) is 28.9. The van der Waals surface area contributed by atoms with Crippen LogP contribution in [0.25, 0.3) is 0 Å². The molecule has 3 rings (SSSR count). The molecular formula is C22H39N3O4. The van der Waals surface area contributed by atoms with Crippen molar-refractivity contribution in [1.29, 1.82) is 0 Å². The lowest BCUT2D eigenvalue weighted by atomic mass is 9.87. The van der Waals surface area contributed by atoms with Crippen molar-refractivity contribution in [1.82, 2.24) is 14.7 Å². The van der Waals surface area contributed by atoms with Crippen LogP contribution in [0.5, 0.6) is 0 Å². The Hall–Kier alpha value is -1.34. The van der Waals surface area contributed by atoms with Crippen LogP contribution in [0.4, 0.5) is 4.79 Å². The van der Waals surface area contributed by atoms with Crippen LogP contribution in [-0.4, -0.2) is 90.3 Å². The Morgan fingerprint density at radius 1 is 1.07 bits per heavy atom. The summed E-state index contributed by atoms with van der Waals surface area (Å²) in [6, 6.07) is 1.04. The molecule has 0 N–H and O–H groups in total. The van der Waals surface area contributed by atoms with E-state index in [9.17, 15) is 9.59 Å². The molecule has 29 heavy (non-hydrogen) atoms. The molecule has 2 amide bonds. The quantitative estimate of drug-likeness (QED) is 0.714. The van der Waals surface area contributed by atoms with E-state index in [4.69, 9.17) is 9.47 Å². The van der Waals surface area contributed by atoms with E-state index in [-0.39, 0.29) is 29.5 Å². The first kappa shape index (κ1) is 22.3. The molecule has 3 fully saturated rings. The van der Waals surface area contributed by atoms with Crippen LogP contribution in [0.3, 0.4) is 0 Å². The van der Waals surface area contributed by atoms with Crippen molar-refractivity contribution in [3.63, 3.8) is 0 Å². The fraction of sp³-hybridized carbons (Fsp3) is 0.909. The average molecular weight is 410 g/mol. The van der Waals surface area contributed by atoms with Crippen molar-refractivity contribution in [2.75, 3.05) is 39.5 Å². The molecule has 0 aliphatic carbocycles. The standard InChI is InChI=1S/C22H39N3O4/c1-6-29-21(27)25-19-11-18(12-20(25)14-28-13-19)23-9-7-17(8-10-23)24(16(2)26)15-22(3,4)5/h17-20H,6-15H2,1-5H3. The van der Waals surface area contributed by atoms with Gasteiger partial charge in [-0.3, -0.25) is 9.69 Å². The minimum absolute atomic E-state index is 0.110. The van der Waals surface area contributed by atoms with E-state index >= 15 is 0 Å². The van der Waals surface area contributed by atoms with Crippen molar-refractivity contribution >= 4 is 12.0 Å². The number of likely N-dealkylation sites (tertiary alicyclic amines) is 1. The average Bonchev–Trinajstić information content (AvgIpc) is 2.64. The SMILES string of the molecule is CCOC(=O)N1C2COCC1CC(N1CCC(N(CC(C)(C)C)C(C)=O)CC1)C2. The number of rotatable bonds is 4. The summed E-state index contributed by atoms with van der Waals surface area (Å²) in [4.78, 5) is 31.2. The Kier molecular flexibility index (Phi) is 7.10. The van der Waals surface area contributed by atoms with Gasteiger partial charge in [0, 0.05) is 38.6 Å². The van der Waals surface area contributed by atoms with Gasteiger partial charge in [-0.1, -0.05) is 20.8 Å². The molecular weight excluding hydrogens is 370 g/mol. The molecule has 0 aromatic carbocycles. The molecule has 0 aromatic rings. The molecule has 166 valence electrons. The zero-order chi connectivity index (χ0) is 21.2. The van der Waals surface area contributed by atoms with Crippen LogP contribution >= 0.6 is 0 Å². The second-order valence-electron chi connectivity index (χ2n) is 10.1. The lowest BCUT2D eigenvalue weighted by molar-refractivity contribution is -0.134. The first-order valence-corrected chi connectivity index (χ1v) is 11.2. The summed E-state index contributed by atoms with van der Waals surface area (Å²) in [7, 11) is 0. The van der Waals surface area contributed by atoms with Crippen molar-refractivity contribution in [2.45, 2.75) is 84.5 Å². The number of hydrogen-bond donors (Lipinski definition) is 0. The monoisotopic (exact) mass is 409 g/mol. The smallest absolute Gasteiger partial charge is 0.410 e. The minimum Gasteiger partial charge on any atom is -0.450 e. The number of carbonyl (C=O) groups is 2. The van der Waals surface area contributed by atoms with E-state index in [1.165, 1.54) is 0 Å². The number of hydrogen-bond acceptors (Lipinski definition) is 5. The number of morpholine rings is 1. The highest BCUT2D eigenvalue weighted by atomic mass is 16.6. The molecule has 3 saturated heterocycles. The fourth-order valence-corrected chi connectivity index (χ4v) is 5.25. The maximum atomic E-state index is 12.4. The third kappa shape index (κ3) is 5.43. The van der Waals surface area contributed by atoms with Gasteiger partial charge >= 0.3 is 6.09 Å². The summed E-state index contributed by atoms with van der Waals surface area (Å²) in [6.45, 7) is 14.6. The van der Waals surface area contributed by atoms with Crippen molar-refractivity contribution in [3.8, 4) is 0 Å². The topological polar surface area (TPSA) is 62.3 Å². The van der Waals surface area contributed by atoms with E-state index in [2.05, 4.69) is 30.6 Å². The highest BCUT2D eigenvalue weighted by Crippen LogP contribution is 2.33.